The standard InChI is InChI=1S/C13H24O/c1-4-6-12-7-5-9-13(14,10-8-12)11(2)3/h12,14H,2,4-10H2,1,3H3. The molecule has 0 aromatic heterocycles. The van der Waals surface area contributed by atoms with Crippen LogP contribution in [0.25, 0.3) is 0 Å². The van der Waals surface area contributed by atoms with Gasteiger partial charge in [-0.25, -0.2) is 0 Å². The molecular formula is C13H24O. The van der Waals surface area contributed by atoms with Crippen molar-refractivity contribution in [2.75, 3.05) is 0 Å². The van der Waals surface area contributed by atoms with E-state index in [9.17, 15) is 5.11 Å². The third kappa shape index (κ3) is 2.84. The Morgan fingerprint density at radius 3 is 2.71 bits per heavy atom. The minimum absolute atomic E-state index is 0.553. The molecule has 0 saturated heterocycles. The maximum absolute atomic E-state index is 10.3. The zero-order valence-corrected chi connectivity index (χ0v) is 9.68. The molecule has 0 bridgehead atoms. The molecule has 1 aliphatic rings. The number of hydrogen-bond acceptors (Lipinski definition) is 1. The van der Waals surface area contributed by atoms with Gasteiger partial charge in [0, 0.05) is 0 Å². The fourth-order valence-electron chi connectivity index (χ4n) is 2.52. The highest BCUT2D eigenvalue weighted by Crippen LogP contribution is 2.35. The molecule has 0 spiro atoms. The Balaban J connectivity index is 2.52. The molecule has 2 atom stereocenters. The molecule has 0 aliphatic heterocycles. The van der Waals surface area contributed by atoms with Gasteiger partial charge in [-0.15, -0.1) is 0 Å². The molecule has 2 unspecified atom stereocenters. The molecule has 1 aliphatic carbocycles. The van der Waals surface area contributed by atoms with Gasteiger partial charge in [0.1, 0.15) is 0 Å². The lowest BCUT2D eigenvalue weighted by Crippen LogP contribution is -2.28. The van der Waals surface area contributed by atoms with Crippen LogP contribution in [0, 0.1) is 5.92 Å². The molecule has 1 heteroatoms. The van der Waals surface area contributed by atoms with E-state index < -0.39 is 5.60 Å². The van der Waals surface area contributed by atoms with Crippen molar-refractivity contribution in [3.8, 4) is 0 Å². The minimum atomic E-state index is -0.553. The summed E-state index contributed by atoms with van der Waals surface area (Å²) in [6.45, 7) is 8.12. The zero-order chi connectivity index (χ0) is 10.6. The highest BCUT2D eigenvalue weighted by Gasteiger charge is 2.30. The van der Waals surface area contributed by atoms with E-state index in [4.69, 9.17) is 0 Å². The van der Waals surface area contributed by atoms with E-state index in [-0.39, 0.29) is 0 Å². The predicted octanol–water partition coefficient (Wildman–Crippen LogP) is 3.67. The highest BCUT2D eigenvalue weighted by atomic mass is 16.3. The normalized spacial score (nSPS) is 33.8. The smallest absolute Gasteiger partial charge is 0.0851 e. The Labute approximate surface area is 88.2 Å². The second-order valence-electron chi connectivity index (χ2n) is 4.90. The fourth-order valence-corrected chi connectivity index (χ4v) is 2.52. The van der Waals surface area contributed by atoms with Gasteiger partial charge >= 0.3 is 0 Å². The fraction of sp³-hybridized carbons (Fsp3) is 0.846. The van der Waals surface area contributed by atoms with Crippen LogP contribution in [0.1, 0.15) is 58.8 Å². The van der Waals surface area contributed by atoms with E-state index >= 15 is 0 Å². The summed E-state index contributed by atoms with van der Waals surface area (Å²) in [7, 11) is 0. The summed E-state index contributed by atoms with van der Waals surface area (Å²) < 4.78 is 0. The first-order valence-corrected chi connectivity index (χ1v) is 5.97. The van der Waals surface area contributed by atoms with Crippen molar-refractivity contribution in [2.45, 2.75) is 64.4 Å². The first-order chi connectivity index (χ1) is 6.58. The number of rotatable bonds is 3. The molecule has 1 N–H and O–H groups in total. The average molecular weight is 196 g/mol. The molecule has 1 saturated carbocycles. The van der Waals surface area contributed by atoms with Crippen molar-refractivity contribution < 1.29 is 5.11 Å². The van der Waals surface area contributed by atoms with Crippen molar-refractivity contribution in [3.63, 3.8) is 0 Å². The largest absolute Gasteiger partial charge is 0.386 e. The van der Waals surface area contributed by atoms with Crippen LogP contribution in [0.15, 0.2) is 12.2 Å². The van der Waals surface area contributed by atoms with Crippen LogP contribution in [-0.4, -0.2) is 10.7 Å². The maximum atomic E-state index is 10.3. The summed E-state index contributed by atoms with van der Waals surface area (Å²) in [6.07, 6.45) is 8.08. The first-order valence-electron chi connectivity index (χ1n) is 5.97. The summed E-state index contributed by atoms with van der Waals surface area (Å²) in [6, 6.07) is 0. The molecule has 0 amide bonds. The Morgan fingerprint density at radius 2 is 2.14 bits per heavy atom. The van der Waals surface area contributed by atoms with Gasteiger partial charge < -0.3 is 5.11 Å². The second kappa shape index (κ2) is 4.97. The quantitative estimate of drug-likeness (QED) is 0.539. The molecule has 0 aromatic rings. The lowest BCUT2D eigenvalue weighted by Gasteiger charge is -2.27. The minimum Gasteiger partial charge on any atom is -0.386 e. The molecule has 82 valence electrons. The van der Waals surface area contributed by atoms with Crippen LogP contribution in [0.5, 0.6) is 0 Å². The Kier molecular flexibility index (Phi) is 4.18. The molecule has 0 radical (unpaired) electrons. The van der Waals surface area contributed by atoms with Crippen molar-refractivity contribution in [2.24, 2.45) is 5.92 Å². The van der Waals surface area contributed by atoms with E-state index in [1.54, 1.807) is 0 Å². The van der Waals surface area contributed by atoms with Crippen LogP contribution in [0.2, 0.25) is 0 Å². The van der Waals surface area contributed by atoms with Crippen LogP contribution in [0.4, 0.5) is 0 Å². The SMILES string of the molecule is C=C(C)C1(O)CCCC(CCC)CC1. The van der Waals surface area contributed by atoms with Crippen LogP contribution in [0.3, 0.4) is 0 Å². The van der Waals surface area contributed by atoms with Gasteiger partial charge in [0.2, 0.25) is 0 Å². The number of aliphatic hydroxyl groups is 1. The van der Waals surface area contributed by atoms with Gasteiger partial charge in [0.25, 0.3) is 0 Å². The topological polar surface area (TPSA) is 20.2 Å². The van der Waals surface area contributed by atoms with Crippen LogP contribution >= 0.6 is 0 Å². The van der Waals surface area contributed by atoms with E-state index in [0.29, 0.717) is 0 Å². The summed E-state index contributed by atoms with van der Waals surface area (Å²) in [5.74, 6) is 0.841. The summed E-state index contributed by atoms with van der Waals surface area (Å²) in [4.78, 5) is 0. The Bertz CT molecular complexity index is 197. The zero-order valence-electron chi connectivity index (χ0n) is 9.68. The monoisotopic (exact) mass is 196 g/mol. The number of hydrogen-bond donors (Lipinski definition) is 1. The summed E-state index contributed by atoms with van der Waals surface area (Å²) >= 11 is 0. The molecule has 0 aromatic carbocycles. The molecular weight excluding hydrogens is 172 g/mol. The molecule has 1 rings (SSSR count). The lowest BCUT2D eigenvalue weighted by atomic mass is 9.87. The summed E-state index contributed by atoms with van der Waals surface area (Å²) in [5.41, 5.74) is 0.400. The first kappa shape index (κ1) is 11.8. The third-order valence-corrected chi connectivity index (χ3v) is 3.66. The lowest BCUT2D eigenvalue weighted by molar-refractivity contribution is 0.0614. The predicted molar refractivity (Wildman–Crippen MR) is 61.2 cm³/mol. The maximum Gasteiger partial charge on any atom is 0.0851 e. The van der Waals surface area contributed by atoms with Gasteiger partial charge in [0.05, 0.1) is 5.60 Å². The molecule has 1 fully saturated rings. The van der Waals surface area contributed by atoms with Gasteiger partial charge in [0.15, 0.2) is 0 Å². The van der Waals surface area contributed by atoms with Gasteiger partial charge in [-0.3, -0.25) is 0 Å². The van der Waals surface area contributed by atoms with E-state index in [1.165, 1.54) is 25.7 Å². The molecule has 0 heterocycles. The van der Waals surface area contributed by atoms with Crippen molar-refractivity contribution in [1.82, 2.24) is 0 Å². The van der Waals surface area contributed by atoms with Crippen molar-refractivity contribution in [3.05, 3.63) is 12.2 Å². The van der Waals surface area contributed by atoms with E-state index in [1.807, 2.05) is 6.92 Å². The third-order valence-electron chi connectivity index (χ3n) is 3.66. The molecule has 1 nitrogen and oxygen atoms in total. The van der Waals surface area contributed by atoms with Gasteiger partial charge in [-0.2, -0.15) is 0 Å². The van der Waals surface area contributed by atoms with Crippen LogP contribution < -0.4 is 0 Å². The Hall–Kier alpha value is -0.300. The van der Waals surface area contributed by atoms with Crippen LogP contribution in [-0.2, 0) is 0 Å². The highest BCUT2D eigenvalue weighted by molar-refractivity contribution is 5.09. The molecule has 14 heavy (non-hydrogen) atoms. The second-order valence-corrected chi connectivity index (χ2v) is 4.90. The Morgan fingerprint density at radius 1 is 1.43 bits per heavy atom. The van der Waals surface area contributed by atoms with E-state index in [2.05, 4.69) is 13.5 Å². The average Bonchev–Trinajstić information content (AvgIpc) is 2.30. The van der Waals surface area contributed by atoms with Crippen molar-refractivity contribution in [1.29, 1.82) is 0 Å². The van der Waals surface area contributed by atoms with Crippen molar-refractivity contribution >= 4 is 0 Å². The van der Waals surface area contributed by atoms with E-state index in [0.717, 1.165) is 30.8 Å². The van der Waals surface area contributed by atoms with Gasteiger partial charge in [-0.1, -0.05) is 32.8 Å². The van der Waals surface area contributed by atoms with Gasteiger partial charge in [-0.05, 0) is 44.1 Å². The summed E-state index contributed by atoms with van der Waals surface area (Å²) in [5, 5.41) is 10.3.